The number of piperazine rings is 1. The van der Waals surface area contributed by atoms with Crippen molar-refractivity contribution in [2.75, 3.05) is 56.1 Å². The topological polar surface area (TPSA) is 96.9 Å². The number of carbonyl (C=O) groups is 2. The standard InChI is InChI=1S/C27H33ClF5N5O3/c28-19-5-7-21(22(16-19)38-13-11-37(12-14-38)10-8-27(31,32)33)36-25(40)20-6-4-18(23(29)24(20)30)17-35-26(41)34-9-2-1-3-15-39/h4-7,16,39H,1-3,8-15,17H2,(H,36,40)(H2,34,35,41). The van der Waals surface area contributed by atoms with Crippen molar-refractivity contribution < 1.29 is 36.6 Å². The van der Waals surface area contributed by atoms with E-state index in [1.54, 1.807) is 11.0 Å². The van der Waals surface area contributed by atoms with Gasteiger partial charge in [-0.3, -0.25) is 9.69 Å². The van der Waals surface area contributed by atoms with Crippen LogP contribution in [0.2, 0.25) is 5.02 Å². The summed E-state index contributed by atoms with van der Waals surface area (Å²) < 4.78 is 67.3. The summed E-state index contributed by atoms with van der Waals surface area (Å²) >= 11 is 6.15. The SMILES string of the molecule is O=C(NCCCCCO)NCc1ccc(C(=O)Nc2ccc(Cl)cc2N2CCN(CCC(F)(F)F)CC2)c(F)c1F. The normalized spacial score (nSPS) is 14.2. The Labute approximate surface area is 239 Å². The van der Waals surface area contributed by atoms with Crippen molar-refractivity contribution in [1.82, 2.24) is 15.5 Å². The number of unbranched alkanes of at least 4 members (excludes halogenated alkanes) is 2. The maximum Gasteiger partial charge on any atom is 0.390 e. The van der Waals surface area contributed by atoms with Crippen LogP contribution in [-0.2, 0) is 6.54 Å². The third-order valence-electron chi connectivity index (χ3n) is 6.60. The third kappa shape index (κ3) is 10.0. The lowest BCUT2D eigenvalue weighted by atomic mass is 10.1. The molecule has 41 heavy (non-hydrogen) atoms. The summed E-state index contributed by atoms with van der Waals surface area (Å²) in [5, 5.41) is 16.7. The third-order valence-corrected chi connectivity index (χ3v) is 6.83. The summed E-state index contributed by atoms with van der Waals surface area (Å²) in [4.78, 5) is 28.4. The van der Waals surface area contributed by atoms with E-state index in [1.807, 2.05) is 4.90 Å². The van der Waals surface area contributed by atoms with Crippen LogP contribution in [0.25, 0.3) is 0 Å². The Morgan fingerprint density at radius 1 is 0.951 bits per heavy atom. The minimum absolute atomic E-state index is 0.0696. The smallest absolute Gasteiger partial charge is 0.390 e. The maximum absolute atomic E-state index is 14.9. The maximum atomic E-state index is 14.9. The first-order chi connectivity index (χ1) is 19.5. The van der Waals surface area contributed by atoms with Gasteiger partial charge in [-0.15, -0.1) is 0 Å². The van der Waals surface area contributed by atoms with Gasteiger partial charge in [0.05, 0.1) is 23.4 Å². The Bertz CT molecular complexity index is 1190. The number of nitrogens with one attached hydrogen (secondary N) is 3. The van der Waals surface area contributed by atoms with E-state index in [0.717, 1.165) is 12.5 Å². The molecular weight excluding hydrogens is 573 g/mol. The highest BCUT2D eigenvalue weighted by molar-refractivity contribution is 6.31. The minimum Gasteiger partial charge on any atom is -0.396 e. The lowest BCUT2D eigenvalue weighted by Gasteiger charge is -2.37. The zero-order valence-corrected chi connectivity index (χ0v) is 23.1. The van der Waals surface area contributed by atoms with Crippen molar-refractivity contribution in [2.24, 2.45) is 0 Å². The molecule has 0 saturated carbocycles. The van der Waals surface area contributed by atoms with Gasteiger partial charge >= 0.3 is 12.2 Å². The molecule has 1 aliphatic rings. The fraction of sp³-hybridized carbons (Fsp3) is 0.481. The Hall–Kier alpha value is -3.16. The Kier molecular flexibility index (Phi) is 12.0. The molecule has 0 atom stereocenters. The first-order valence-electron chi connectivity index (χ1n) is 13.2. The number of aliphatic hydroxyl groups is 1. The van der Waals surface area contributed by atoms with Crippen molar-refractivity contribution >= 4 is 34.9 Å². The summed E-state index contributed by atoms with van der Waals surface area (Å²) in [6.45, 7) is 1.51. The van der Waals surface area contributed by atoms with Crippen LogP contribution in [0.15, 0.2) is 30.3 Å². The van der Waals surface area contributed by atoms with Gasteiger partial charge in [0.25, 0.3) is 5.91 Å². The Morgan fingerprint density at radius 3 is 2.37 bits per heavy atom. The molecule has 0 spiro atoms. The van der Waals surface area contributed by atoms with Crippen molar-refractivity contribution in [3.63, 3.8) is 0 Å². The predicted octanol–water partition coefficient (Wildman–Crippen LogP) is 4.91. The highest BCUT2D eigenvalue weighted by Crippen LogP contribution is 2.31. The molecule has 1 fully saturated rings. The predicted molar refractivity (Wildman–Crippen MR) is 146 cm³/mol. The number of hydrogen-bond acceptors (Lipinski definition) is 5. The van der Waals surface area contributed by atoms with Crippen LogP contribution in [0.3, 0.4) is 0 Å². The van der Waals surface area contributed by atoms with Crippen molar-refractivity contribution in [3.05, 3.63) is 58.1 Å². The summed E-state index contributed by atoms with van der Waals surface area (Å²) in [6.07, 6.45) is -3.12. The number of halogens is 6. The van der Waals surface area contributed by atoms with E-state index in [2.05, 4.69) is 16.0 Å². The monoisotopic (exact) mass is 605 g/mol. The lowest BCUT2D eigenvalue weighted by Crippen LogP contribution is -2.47. The summed E-state index contributed by atoms with van der Waals surface area (Å²) in [6, 6.07) is 6.38. The second kappa shape index (κ2) is 15.2. The average Bonchev–Trinajstić information content (AvgIpc) is 2.93. The highest BCUT2D eigenvalue weighted by atomic mass is 35.5. The number of aliphatic hydroxyl groups excluding tert-OH is 1. The molecule has 14 heteroatoms. The van der Waals surface area contributed by atoms with Gasteiger partial charge in [0.15, 0.2) is 11.6 Å². The van der Waals surface area contributed by atoms with E-state index >= 15 is 0 Å². The van der Waals surface area contributed by atoms with E-state index in [-0.39, 0.29) is 30.9 Å². The highest BCUT2D eigenvalue weighted by Gasteiger charge is 2.29. The molecule has 0 aliphatic carbocycles. The molecule has 2 aromatic rings. The molecule has 226 valence electrons. The van der Waals surface area contributed by atoms with Crippen LogP contribution in [0.5, 0.6) is 0 Å². The fourth-order valence-electron chi connectivity index (χ4n) is 4.31. The van der Waals surface area contributed by atoms with Gasteiger partial charge in [-0.2, -0.15) is 13.2 Å². The average molecular weight is 606 g/mol. The van der Waals surface area contributed by atoms with E-state index in [1.165, 1.54) is 18.2 Å². The van der Waals surface area contributed by atoms with Gasteiger partial charge in [0.1, 0.15) is 0 Å². The molecular formula is C27H33ClF5N5O3. The van der Waals surface area contributed by atoms with Gasteiger partial charge < -0.3 is 26.0 Å². The van der Waals surface area contributed by atoms with Crippen LogP contribution < -0.4 is 20.9 Å². The van der Waals surface area contributed by atoms with Crippen LogP contribution in [0.4, 0.5) is 38.1 Å². The van der Waals surface area contributed by atoms with E-state index in [0.29, 0.717) is 56.3 Å². The minimum atomic E-state index is -4.24. The zero-order valence-electron chi connectivity index (χ0n) is 22.3. The van der Waals surface area contributed by atoms with Crippen molar-refractivity contribution in [3.8, 4) is 0 Å². The number of nitrogens with zero attached hydrogens (tertiary/aromatic N) is 2. The molecule has 1 aliphatic heterocycles. The number of amides is 3. The number of hydrogen-bond donors (Lipinski definition) is 4. The molecule has 3 rings (SSSR count). The van der Waals surface area contributed by atoms with E-state index < -0.39 is 41.7 Å². The molecule has 2 aromatic carbocycles. The summed E-state index contributed by atoms with van der Waals surface area (Å²) in [5.74, 6) is -3.55. The molecule has 0 radical (unpaired) electrons. The molecule has 0 unspecified atom stereocenters. The molecule has 1 saturated heterocycles. The fourth-order valence-corrected chi connectivity index (χ4v) is 4.48. The van der Waals surface area contributed by atoms with Gasteiger partial charge in [-0.1, -0.05) is 17.7 Å². The zero-order chi connectivity index (χ0) is 30.0. The van der Waals surface area contributed by atoms with Crippen LogP contribution >= 0.6 is 11.6 Å². The quantitative estimate of drug-likeness (QED) is 0.204. The number of urea groups is 1. The van der Waals surface area contributed by atoms with Crippen LogP contribution in [0.1, 0.15) is 41.6 Å². The summed E-state index contributed by atoms with van der Waals surface area (Å²) in [5.41, 5.74) is 0.0947. The van der Waals surface area contributed by atoms with Crippen LogP contribution in [-0.4, -0.2) is 74.0 Å². The summed E-state index contributed by atoms with van der Waals surface area (Å²) in [7, 11) is 0. The molecule has 0 aromatic heterocycles. The second-order valence-corrected chi connectivity index (χ2v) is 10.0. The Morgan fingerprint density at radius 2 is 1.68 bits per heavy atom. The van der Waals surface area contributed by atoms with Crippen molar-refractivity contribution in [2.45, 2.75) is 38.4 Å². The molecule has 0 bridgehead atoms. The van der Waals surface area contributed by atoms with Crippen LogP contribution in [0, 0.1) is 11.6 Å². The first-order valence-corrected chi connectivity index (χ1v) is 13.6. The molecule has 4 N–H and O–H groups in total. The van der Waals surface area contributed by atoms with Gasteiger partial charge in [0.2, 0.25) is 0 Å². The van der Waals surface area contributed by atoms with Crippen molar-refractivity contribution in [1.29, 1.82) is 0 Å². The van der Waals surface area contributed by atoms with Gasteiger partial charge in [0, 0.05) is 63.0 Å². The largest absolute Gasteiger partial charge is 0.396 e. The van der Waals surface area contributed by atoms with Gasteiger partial charge in [-0.25, -0.2) is 13.6 Å². The number of carbonyl (C=O) groups excluding carboxylic acids is 2. The number of alkyl halides is 3. The number of benzene rings is 2. The molecule has 8 nitrogen and oxygen atoms in total. The number of rotatable bonds is 12. The molecule has 1 heterocycles. The van der Waals surface area contributed by atoms with E-state index in [4.69, 9.17) is 16.7 Å². The van der Waals surface area contributed by atoms with E-state index in [9.17, 15) is 31.5 Å². The van der Waals surface area contributed by atoms with Gasteiger partial charge in [-0.05, 0) is 43.5 Å². The first kappa shape index (κ1) is 32.4. The second-order valence-electron chi connectivity index (χ2n) is 9.60. The Balaban J connectivity index is 1.61. The number of anilines is 2. The lowest BCUT2D eigenvalue weighted by molar-refractivity contribution is -0.138. The molecule has 3 amide bonds.